The number of ketones is 1. The Labute approximate surface area is 96.3 Å². The van der Waals surface area contributed by atoms with Crippen molar-refractivity contribution >= 4 is 33.2 Å². The minimum atomic E-state index is -1.08. The summed E-state index contributed by atoms with van der Waals surface area (Å²) in [6.07, 6.45) is 0. The largest absolute Gasteiger partial charge is 0.481 e. The molecular weight excluding hydrogens is 224 g/mol. The van der Waals surface area contributed by atoms with Crippen molar-refractivity contribution in [2.75, 3.05) is 0 Å². The lowest BCUT2D eigenvalue weighted by Gasteiger charge is -2.01. The second-order valence-electron chi connectivity index (χ2n) is 3.57. The first-order valence-corrected chi connectivity index (χ1v) is 5.67. The molecule has 1 aromatic carbocycles. The molecule has 0 saturated carbocycles. The van der Waals surface area contributed by atoms with Gasteiger partial charge in [0.1, 0.15) is 5.92 Å². The van der Waals surface area contributed by atoms with Gasteiger partial charge in [0.2, 0.25) is 0 Å². The third kappa shape index (κ3) is 1.84. The molecule has 0 aliphatic carbocycles. The summed E-state index contributed by atoms with van der Waals surface area (Å²) >= 11 is 1.34. The maximum atomic E-state index is 11.8. The van der Waals surface area contributed by atoms with E-state index in [9.17, 15) is 9.59 Å². The fourth-order valence-corrected chi connectivity index (χ4v) is 2.52. The number of carbonyl (C=O) groups is 2. The summed E-state index contributed by atoms with van der Waals surface area (Å²) in [5.74, 6) is -2.38. The van der Waals surface area contributed by atoms with Crippen molar-refractivity contribution in [1.29, 1.82) is 0 Å². The van der Waals surface area contributed by atoms with Crippen molar-refractivity contribution in [3.63, 3.8) is 0 Å². The molecule has 1 aromatic heterocycles. The number of carbonyl (C=O) groups excluding carboxylic acids is 1. The maximum Gasteiger partial charge on any atom is 0.314 e. The molecular formula is C12H10O3S. The van der Waals surface area contributed by atoms with E-state index < -0.39 is 11.9 Å². The Kier molecular flexibility index (Phi) is 2.75. The fourth-order valence-electron chi connectivity index (χ4n) is 1.43. The standard InChI is InChI=1S/C12H10O3S/c1-7(12(14)15)11(13)10-6-8-4-2-3-5-9(8)16-10/h2-7H,1H3,(H,14,15). The molecule has 0 aliphatic rings. The Morgan fingerprint density at radius 1 is 1.31 bits per heavy atom. The quantitative estimate of drug-likeness (QED) is 0.656. The topological polar surface area (TPSA) is 54.4 Å². The van der Waals surface area contributed by atoms with E-state index in [1.165, 1.54) is 18.3 Å². The fraction of sp³-hybridized carbons (Fsp3) is 0.167. The molecule has 0 fully saturated rings. The van der Waals surface area contributed by atoms with Crippen LogP contribution in [0, 0.1) is 5.92 Å². The van der Waals surface area contributed by atoms with Gasteiger partial charge >= 0.3 is 5.97 Å². The Bertz CT molecular complexity index is 523. The number of Topliss-reactive ketones (excluding diaryl/α,β-unsaturated/α-hetero) is 1. The molecule has 16 heavy (non-hydrogen) atoms. The van der Waals surface area contributed by atoms with Crippen LogP contribution < -0.4 is 0 Å². The number of carboxylic acids is 1. The highest BCUT2D eigenvalue weighted by atomic mass is 32.1. The monoisotopic (exact) mass is 234 g/mol. The number of hydrogen-bond acceptors (Lipinski definition) is 3. The SMILES string of the molecule is CC(C(=O)O)C(=O)c1cc2ccccc2s1. The number of carboxylic acid groups (broad SMARTS) is 1. The van der Waals surface area contributed by atoms with Crippen molar-refractivity contribution in [1.82, 2.24) is 0 Å². The summed E-state index contributed by atoms with van der Waals surface area (Å²) in [4.78, 5) is 23.0. The van der Waals surface area contributed by atoms with E-state index in [1.807, 2.05) is 24.3 Å². The third-order valence-corrected chi connectivity index (χ3v) is 3.56. The van der Waals surface area contributed by atoms with E-state index in [4.69, 9.17) is 5.11 Å². The normalized spacial score (nSPS) is 12.6. The zero-order valence-corrected chi connectivity index (χ0v) is 9.45. The molecule has 2 aromatic rings. The zero-order chi connectivity index (χ0) is 11.7. The van der Waals surface area contributed by atoms with Gasteiger partial charge in [0.05, 0.1) is 4.88 Å². The molecule has 1 unspecified atom stereocenters. The zero-order valence-electron chi connectivity index (χ0n) is 8.64. The molecule has 0 spiro atoms. The molecule has 3 nitrogen and oxygen atoms in total. The molecule has 0 aliphatic heterocycles. The first-order chi connectivity index (χ1) is 7.59. The van der Waals surface area contributed by atoms with Gasteiger partial charge in [-0.3, -0.25) is 9.59 Å². The van der Waals surface area contributed by atoms with E-state index in [2.05, 4.69) is 0 Å². The second kappa shape index (κ2) is 4.06. The van der Waals surface area contributed by atoms with E-state index >= 15 is 0 Å². The van der Waals surface area contributed by atoms with Gasteiger partial charge in [-0.2, -0.15) is 0 Å². The van der Waals surface area contributed by atoms with Gasteiger partial charge in [-0.15, -0.1) is 11.3 Å². The molecule has 2 rings (SSSR count). The highest BCUT2D eigenvalue weighted by molar-refractivity contribution is 7.20. The number of hydrogen-bond donors (Lipinski definition) is 1. The first-order valence-electron chi connectivity index (χ1n) is 4.85. The van der Waals surface area contributed by atoms with Crippen LogP contribution in [-0.4, -0.2) is 16.9 Å². The smallest absolute Gasteiger partial charge is 0.314 e. The van der Waals surface area contributed by atoms with Crippen LogP contribution in [0.4, 0.5) is 0 Å². The van der Waals surface area contributed by atoms with Gasteiger partial charge in [0, 0.05) is 4.70 Å². The second-order valence-corrected chi connectivity index (χ2v) is 4.66. The number of aliphatic carboxylic acids is 1. The highest BCUT2D eigenvalue weighted by Crippen LogP contribution is 2.27. The molecule has 4 heteroatoms. The van der Waals surface area contributed by atoms with Crippen molar-refractivity contribution in [3.8, 4) is 0 Å². The van der Waals surface area contributed by atoms with Gasteiger partial charge in [-0.1, -0.05) is 18.2 Å². The minimum Gasteiger partial charge on any atom is -0.481 e. The Hall–Kier alpha value is -1.68. The predicted molar refractivity (Wildman–Crippen MR) is 63.0 cm³/mol. The number of benzene rings is 1. The number of thiophene rings is 1. The minimum absolute atomic E-state index is 0.325. The molecule has 0 bridgehead atoms. The lowest BCUT2D eigenvalue weighted by atomic mass is 10.1. The lowest BCUT2D eigenvalue weighted by molar-refractivity contribution is -0.139. The van der Waals surface area contributed by atoms with Gasteiger partial charge in [-0.05, 0) is 24.4 Å². The van der Waals surface area contributed by atoms with Crippen LogP contribution >= 0.6 is 11.3 Å². The number of fused-ring (bicyclic) bond motifs is 1. The van der Waals surface area contributed by atoms with E-state index in [0.29, 0.717) is 4.88 Å². The maximum absolute atomic E-state index is 11.8. The molecule has 0 saturated heterocycles. The van der Waals surface area contributed by atoms with E-state index in [0.717, 1.165) is 10.1 Å². The molecule has 0 amide bonds. The Balaban J connectivity index is 2.41. The van der Waals surface area contributed by atoms with Crippen LogP contribution in [0.1, 0.15) is 16.6 Å². The van der Waals surface area contributed by atoms with Crippen molar-refractivity contribution < 1.29 is 14.7 Å². The molecule has 1 heterocycles. The van der Waals surface area contributed by atoms with Crippen LogP contribution in [0.5, 0.6) is 0 Å². The lowest BCUT2D eigenvalue weighted by Crippen LogP contribution is -2.19. The van der Waals surface area contributed by atoms with Crippen LogP contribution in [0.3, 0.4) is 0 Å². The van der Waals surface area contributed by atoms with E-state index in [-0.39, 0.29) is 5.78 Å². The average Bonchev–Trinajstić information content (AvgIpc) is 2.70. The highest BCUT2D eigenvalue weighted by Gasteiger charge is 2.23. The third-order valence-electron chi connectivity index (χ3n) is 2.43. The molecule has 0 radical (unpaired) electrons. The summed E-state index contributed by atoms with van der Waals surface area (Å²) in [6, 6.07) is 9.37. The van der Waals surface area contributed by atoms with Gasteiger partial charge in [0.15, 0.2) is 5.78 Å². The average molecular weight is 234 g/mol. The first kappa shape index (κ1) is 10.8. The summed E-state index contributed by atoms with van der Waals surface area (Å²) < 4.78 is 1.00. The summed E-state index contributed by atoms with van der Waals surface area (Å²) in [6.45, 7) is 1.41. The Morgan fingerprint density at radius 3 is 2.62 bits per heavy atom. The van der Waals surface area contributed by atoms with Gasteiger partial charge < -0.3 is 5.11 Å². The van der Waals surface area contributed by atoms with Crippen LogP contribution in [0.2, 0.25) is 0 Å². The van der Waals surface area contributed by atoms with Crippen molar-refractivity contribution in [2.24, 2.45) is 5.92 Å². The van der Waals surface area contributed by atoms with Gasteiger partial charge in [-0.25, -0.2) is 0 Å². The summed E-state index contributed by atoms with van der Waals surface area (Å²) in [7, 11) is 0. The van der Waals surface area contributed by atoms with Crippen LogP contribution in [0.25, 0.3) is 10.1 Å². The summed E-state index contributed by atoms with van der Waals surface area (Å²) in [5, 5.41) is 9.75. The summed E-state index contributed by atoms with van der Waals surface area (Å²) in [5.41, 5.74) is 0. The van der Waals surface area contributed by atoms with Crippen molar-refractivity contribution in [3.05, 3.63) is 35.2 Å². The van der Waals surface area contributed by atoms with Crippen molar-refractivity contribution in [2.45, 2.75) is 6.92 Å². The molecule has 1 atom stereocenters. The number of rotatable bonds is 3. The van der Waals surface area contributed by atoms with Crippen LogP contribution in [-0.2, 0) is 4.79 Å². The Morgan fingerprint density at radius 2 is 2.00 bits per heavy atom. The molecule has 82 valence electrons. The predicted octanol–water partition coefficient (Wildman–Crippen LogP) is 2.80. The molecule has 1 N–H and O–H groups in total. The van der Waals surface area contributed by atoms with E-state index in [1.54, 1.807) is 6.07 Å². The van der Waals surface area contributed by atoms with Crippen LogP contribution in [0.15, 0.2) is 30.3 Å². The van der Waals surface area contributed by atoms with Gasteiger partial charge in [0.25, 0.3) is 0 Å².